The lowest BCUT2D eigenvalue weighted by atomic mass is 10.1. The van der Waals surface area contributed by atoms with Crippen molar-refractivity contribution in [2.24, 2.45) is 5.10 Å². The number of nitrogens with zero attached hydrogens (tertiary/aromatic N) is 1. The van der Waals surface area contributed by atoms with Crippen molar-refractivity contribution in [2.45, 2.75) is 5.75 Å². The molecule has 4 nitrogen and oxygen atoms in total. The maximum Gasteiger partial charge on any atom is 0.250 e. The molecule has 0 radical (unpaired) electrons. The van der Waals surface area contributed by atoms with E-state index in [2.05, 4.69) is 40.9 Å². The molecular weight excluding hydrogens is 344 g/mol. The first-order valence-electron chi connectivity index (χ1n) is 8.26. The fraction of sp³-hybridized carbons (Fsp3) is 0.143. The minimum Gasteiger partial charge on any atom is -0.497 e. The van der Waals surface area contributed by atoms with E-state index in [4.69, 9.17) is 4.74 Å². The topological polar surface area (TPSA) is 50.7 Å². The van der Waals surface area contributed by atoms with Crippen molar-refractivity contribution in [1.82, 2.24) is 5.43 Å². The summed E-state index contributed by atoms with van der Waals surface area (Å²) in [6.45, 7) is 0. The zero-order valence-corrected chi connectivity index (χ0v) is 15.3. The van der Waals surface area contributed by atoms with Gasteiger partial charge in [0.1, 0.15) is 5.75 Å². The lowest BCUT2D eigenvalue weighted by Crippen LogP contribution is -2.19. The summed E-state index contributed by atoms with van der Waals surface area (Å²) in [7, 11) is 1.62. The van der Waals surface area contributed by atoms with Gasteiger partial charge >= 0.3 is 0 Å². The third-order valence-corrected chi connectivity index (χ3v) is 4.82. The van der Waals surface area contributed by atoms with E-state index in [1.54, 1.807) is 25.1 Å². The average molecular weight is 364 g/mol. The summed E-state index contributed by atoms with van der Waals surface area (Å²) in [5.41, 5.74) is 4.63. The van der Waals surface area contributed by atoms with E-state index >= 15 is 0 Å². The van der Waals surface area contributed by atoms with Crippen LogP contribution >= 0.6 is 11.8 Å². The van der Waals surface area contributed by atoms with Gasteiger partial charge < -0.3 is 4.74 Å². The Hall–Kier alpha value is -2.79. The van der Waals surface area contributed by atoms with Gasteiger partial charge in [0.25, 0.3) is 0 Å². The van der Waals surface area contributed by atoms with Gasteiger partial charge in [0, 0.05) is 5.75 Å². The Balaban J connectivity index is 1.45. The third kappa shape index (κ3) is 5.10. The number of methoxy groups -OCH3 is 1. The van der Waals surface area contributed by atoms with Crippen LogP contribution in [0.3, 0.4) is 0 Å². The van der Waals surface area contributed by atoms with E-state index in [0.29, 0.717) is 5.75 Å². The molecule has 1 N–H and O–H groups in total. The van der Waals surface area contributed by atoms with Gasteiger partial charge in [-0.25, -0.2) is 5.43 Å². The van der Waals surface area contributed by atoms with Gasteiger partial charge in [-0.2, -0.15) is 5.10 Å². The van der Waals surface area contributed by atoms with Crippen molar-refractivity contribution in [2.75, 3.05) is 12.9 Å². The molecule has 132 valence electrons. The Morgan fingerprint density at radius 1 is 1.08 bits per heavy atom. The SMILES string of the molecule is COc1cccc(/C=N\NC(=O)CSCc2ccc3ccccc3c2)c1. The van der Waals surface area contributed by atoms with E-state index in [1.165, 1.54) is 16.3 Å². The molecule has 26 heavy (non-hydrogen) atoms. The molecule has 3 aromatic carbocycles. The van der Waals surface area contributed by atoms with Gasteiger partial charge in [0.2, 0.25) is 5.91 Å². The second kappa shape index (κ2) is 9.06. The van der Waals surface area contributed by atoms with Crippen LogP contribution in [0.1, 0.15) is 11.1 Å². The molecule has 0 aliphatic heterocycles. The monoisotopic (exact) mass is 364 g/mol. The summed E-state index contributed by atoms with van der Waals surface area (Å²) >= 11 is 1.57. The molecule has 0 spiro atoms. The smallest absolute Gasteiger partial charge is 0.250 e. The number of nitrogens with one attached hydrogen (secondary N) is 1. The summed E-state index contributed by atoms with van der Waals surface area (Å²) in [4.78, 5) is 11.9. The number of carbonyl (C=O) groups excluding carboxylic acids is 1. The highest BCUT2D eigenvalue weighted by atomic mass is 32.2. The molecule has 0 heterocycles. The molecule has 1 amide bonds. The van der Waals surface area contributed by atoms with Crippen LogP contribution in [0.5, 0.6) is 5.75 Å². The second-order valence-electron chi connectivity index (χ2n) is 5.74. The number of thioether (sulfide) groups is 1. The van der Waals surface area contributed by atoms with Crippen LogP contribution in [-0.4, -0.2) is 25.0 Å². The molecular formula is C21H20N2O2S. The quantitative estimate of drug-likeness (QED) is 0.504. The highest BCUT2D eigenvalue weighted by molar-refractivity contribution is 7.99. The zero-order chi connectivity index (χ0) is 18.2. The minimum atomic E-state index is -0.116. The second-order valence-corrected chi connectivity index (χ2v) is 6.73. The summed E-state index contributed by atoms with van der Waals surface area (Å²) in [5.74, 6) is 1.79. The van der Waals surface area contributed by atoms with Crippen molar-refractivity contribution in [1.29, 1.82) is 0 Å². The number of amides is 1. The molecule has 0 saturated heterocycles. The van der Waals surface area contributed by atoms with Gasteiger partial charge in [-0.15, -0.1) is 11.8 Å². The Morgan fingerprint density at radius 3 is 2.77 bits per heavy atom. The lowest BCUT2D eigenvalue weighted by molar-refractivity contribution is -0.118. The van der Waals surface area contributed by atoms with Crippen molar-refractivity contribution < 1.29 is 9.53 Å². The fourth-order valence-electron chi connectivity index (χ4n) is 2.52. The molecule has 0 atom stereocenters. The van der Waals surface area contributed by atoms with Crippen molar-refractivity contribution in [3.8, 4) is 5.75 Å². The van der Waals surface area contributed by atoms with E-state index in [1.807, 2.05) is 36.4 Å². The molecule has 3 rings (SSSR count). The highest BCUT2D eigenvalue weighted by Gasteiger charge is 2.02. The van der Waals surface area contributed by atoms with Crippen LogP contribution in [-0.2, 0) is 10.5 Å². The molecule has 3 aromatic rings. The Kier molecular flexibility index (Phi) is 6.28. The fourth-order valence-corrected chi connectivity index (χ4v) is 3.29. The van der Waals surface area contributed by atoms with Gasteiger partial charge in [-0.05, 0) is 34.0 Å². The Bertz CT molecular complexity index is 925. The number of fused-ring (bicyclic) bond motifs is 1. The molecule has 0 aliphatic rings. The standard InChI is InChI=1S/C21H20N2O2S/c1-25-20-8-4-5-16(12-20)13-22-23-21(24)15-26-14-17-9-10-18-6-2-3-7-19(18)11-17/h2-13H,14-15H2,1H3,(H,23,24)/b22-13-. The largest absolute Gasteiger partial charge is 0.497 e. The summed E-state index contributed by atoms with van der Waals surface area (Å²) in [6, 6.07) is 22.1. The van der Waals surface area contributed by atoms with Crippen molar-refractivity contribution >= 4 is 34.7 Å². The van der Waals surface area contributed by atoms with Crippen LogP contribution in [0.2, 0.25) is 0 Å². The third-order valence-electron chi connectivity index (χ3n) is 3.81. The maximum atomic E-state index is 11.9. The van der Waals surface area contributed by atoms with Crippen LogP contribution < -0.4 is 10.2 Å². The van der Waals surface area contributed by atoms with Crippen LogP contribution in [0, 0.1) is 0 Å². The van der Waals surface area contributed by atoms with Crippen molar-refractivity contribution in [3.05, 3.63) is 77.9 Å². The summed E-state index contributed by atoms with van der Waals surface area (Å²) in [6.07, 6.45) is 1.61. The average Bonchev–Trinajstić information content (AvgIpc) is 2.68. The molecule has 0 saturated carbocycles. The number of hydrogen-bond acceptors (Lipinski definition) is 4. The Morgan fingerprint density at radius 2 is 1.92 bits per heavy atom. The van der Waals surface area contributed by atoms with Crippen LogP contribution in [0.4, 0.5) is 0 Å². The first-order valence-corrected chi connectivity index (χ1v) is 9.41. The van der Waals surface area contributed by atoms with Crippen molar-refractivity contribution in [3.63, 3.8) is 0 Å². The predicted molar refractivity (Wildman–Crippen MR) is 109 cm³/mol. The van der Waals surface area contributed by atoms with Crippen LogP contribution in [0.25, 0.3) is 10.8 Å². The summed E-state index contributed by atoms with van der Waals surface area (Å²) < 4.78 is 5.15. The molecule has 0 unspecified atom stereocenters. The first kappa shape index (κ1) is 18.0. The predicted octanol–water partition coefficient (Wildman–Crippen LogP) is 4.23. The van der Waals surface area contributed by atoms with Gasteiger partial charge in [0.05, 0.1) is 19.1 Å². The maximum absolute atomic E-state index is 11.9. The zero-order valence-electron chi connectivity index (χ0n) is 14.5. The van der Waals surface area contributed by atoms with E-state index in [-0.39, 0.29) is 5.91 Å². The van der Waals surface area contributed by atoms with E-state index in [9.17, 15) is 4.79 Å². The minimum absolute atomic E-state index is 0.116. The number of rotatable bonds is 7. The summed E-state index contributed by atoms with van der Waals surface area (Å²) in [5, 5.41) is 6.44. The van der Waals surface area contributed by atoms with Gasteiger partial charge in [0.15, 0.2) is 0 Å². The normalized spacial score (nSPS) is 11.0. The number of hydrazone groups is 1. The van der Waals surface area contributed by atoms with Gasteiger partial charge in [-0.1, -0.05) is 54.6 Å². The molecule has 0 aromatic heterocycles. The Labute approximate surface area is 157 Å². The number of benzene rings is 3. The van der Waals surface area contributed by atoms with Gasteiger partial charge in [-0.3, -0.25) is 4.79 Å². The van der Waals surface area contributed by atoms with E-state index < -0.39 is 0 Å². The van der Waals surface area contributed by atoms with Crippen LogP contribution in [0.15, 0.2) is 71.8 Å². The molecule has 5 heteroatoms. The lowest BCUT2D eigenvalue weighted by Gasteiger charge is -2.04. The molecule has 0 fully saturated rings. The molecule has 0 aliphatic carbocycles. The number of hydrogen-bond donors (Lipinski definition) is 1. The van der Waals surface area contributed by atoms with E-state index in [0.717, 1.165) is 17.1 Å². The number of carbonyl (C=O) groups is 1. The molecule has 0 bridgehead atoms. The highest BCUT2D eigenvalue weighted by Crippen LogP contribution is 2.19. The number of ether oxygens (including phenoxy) is 1. The first-order chi connectivity index (χ1) is 12.7.